The number of nitrogens with one attached hydrogen (secondary N) is 1. The molecule has 114 valence electrons. The number of hydrogen-bond donors (Lipinski definition) is 1. The fourth-order valence-electron chi connectivity index (χ4n) is 4.21. The number of carbonyl (C=O) groups is 1. The molecule has 0 radical (unpaired) electrons. The standard InChI is InChI=1S/C16H28N2O2/c1-18(10-12-5-4-8-20-11-12)16(19)15-9-13-6-2-3-7-14(13)17-15/h12-15,17H,2-11H2,1H3. The van der Waals surface area contributed by atoms with Crippen molar-refractivity contribution in [2.75, 3.05) is 26.8 Å². The van der Waals surface area contributed by atoms with Crippen LogP contribution in [0.5, 0.6) is 0 Å². The molecule has 0 aromatic heterocycles. The van der Waals surface area contributed by atoms with Crippen molar-refractivity contribution >= 4 is 5.91 Å². The molecule has 4 heteroatoms. The van der Waals surface area contributed by atoms with E-state index in [2.05, 4.69) is 5.32 Å². The van der Waals surface area contributed by atoms with Crippen molar-refractivity contribution in [2.45, 2.75) is 57.0 Å². The van der Waals surface area contributed by atoms with E-state index in [1.54, 1.807) is 0 Å². The van der Waals surface area contributed by atoms with E-state index < -0.39 is 0 Å². The third-order valence-electron chi connectivity index (χ3n) is 5.32. The molecule has 4 unspecified atom stereocenters. The largest absolute Gasteiger partial charge is 0.381 e. The van der Waals surface area contributed by atoms with Gasteiger partial charge < -0.3 is 15.0 Å². The minimum absolute atomic E-state index is 0.0672. The fraction of sp³-hybridized carbons (Fsp3) is 0.938. The van der Waals surface area contributed by atoms with E-state index >= 15 is 0 Å². The van der Waals surface area contributed by atoms with Crippen LogP contribution in [0, 0.1) is 11.8 Å². The van der Waals surface area contributed by atoms with Crippen LogP contribution >= 0.6 is 0 Å². The van der Waals surface area contributed by atoms with Gasteiger partial charge in [-0.15, -0.1) is 0 Å². The molecule has 0 aromatic rings. The molecule has 3 fully saturated rings. The van der Waals surface area contributed by atoms with Gasteiger partial charge >= 0.3 is 0 Å². The molecule has 2 saturated heterocycles. The summed E-state index contributed by atoms with van der Waals surface area (Å²) >= 11 is 0. The summed E-state index contributed by atoms with van der Waals surface area (Å²) in [6.07, 6.45) is 8.62. The minimum Gasteiger partial charge on any atom is -0.381 e. The molecule has 3 rings (SSSR count). The van der Waals surface area contributed by atoms with Gasteiger partial charge in [-0.1, -0.05) is 12.8 Å². The molecule has 4 nitrogen and oxygen atoms in total. The number of ether oxygens (including phenoxy) is 1. The summed E-state index contributed by atoms with van der Waals surface area (Å²) in [7, 11) is 1.96. The molecule has 1 saturated carbocycles. The lowest BCUT2D eigenvalue weighted by atomic mass is 9.85. The summed E-state index contributed by atoms with van der Waals surface area (Å²) in [5.41, 5.74) is 0. The molecule has 4 atom stereocenters. The van der Waals surface area contributed by atoms with Crippen molar-refractivity contribution in [3.8, 4) is 0 Å². The lowest BCUT2D eigenvalue weighted by Crippen LogP contribution is -2.46. The molecule has 1 N–H and O–H groups in total. The molecular formula is C16H28N2O2. The number of hydrogen-bond acceptors (Lipinski definition) is 3. The number of rotatable bonds is 3. The van der Waals surface area contributed by atoms with E-state index in [0.29, 0.717) is 17.9 Å². The van der Waals surface area contributed by atoms with Crippen LogP contribution in [-0.4, -0.2) is 49.7 Å². The molecule has 1 aliphatic carbocycles. The van der Waals surface area contributed by atoms with E-state index in [9.17, 15) is 4.79 Å². The molecule has 2 heterocycles. The van der Waals surface area contributed by atoms with Gasteiger partial charge in [-0.2, -0.15) is 0 Å². The average Bonchev–Trinajstić information content (AvgIpc) is 2.91. The second-order valence-corrected chi connectivity index (χ2v) is 6.91. The maximum Gasteiger partial charge on any atom is 0.239 e. The van der Waals surface area contributed by atoms with Crippen molar-refractivity contribution in [3.05, 3.63) is 0 Å². The van der Waals surface area contributed by atoms with Gasteiger partial charge in [0.05, 0.1) is 12.6 Å². The van der Waals surface area contributed by atoms with Gasteiger partial charge in [-0.05, 0) is 43.9 Å². The van der Waals surface area contributed by atoms with Crippen molar-refractivity contribution in [2.24, 2.45) is 11.8 Å². The highest BCUT2D eigenvalue weighted by Gasteiger charge is 2.39. The zero-order valence-corrected chi connectivity index (χ0v) is 12.6. The summed E-state index contributed by atoms with van der Waals surface area (Å²) in [5, 5.41) is 3.59. The molecule has 3 aliphatic rings. The summed E-state index contributed by atoms with van der Waals surface area (Å²) in [6, 6.07) is 0.668. The first-order valence-corrected chi connectivity index (χ1v) is 8.33. The van der Waals surface area contributed by atoms with Crippen LogP contribution in [0.1, 0.15) is 44.9 Å². The van der Waals surface area contributed by atoms with E-state index in [4.69, 9.17) is 4.74 Å². The van der Waals surface area contributed by atoms with Crippen LogP contribution in [0.2, 0.25) is 0 Å². The Hall–Kier alpha value is -0.610. The normalized spacial score (nSPS) is 37.5. The van der Waals surface area contributed by atoms with Crippen molar-refractivity contribution in [1.82, 2.24) is 10.2 Å². The van der Waals surface area contributed by atoms with E-state index in [1.807, 2.05) is 11.9 Å². The Morgan fingerprint density at radius 3 is 2.85 bits per heavy atom. The quantitative estimate of drug-likeness (QED) is 0.857. The van der Waals surface area contributed by atoms with E-state index in [0.717, 1.165) is 38.5 Å². The van der Waals surface area contributed by atoms with Crippen LogP contribution in [0.15, 0.2) is 0 Å². The van der Waals surface area contributed by atoms with Gasteiger partial charge in [-0.25, -0.2) is 0 Å². The fourth-order valence-corrected chi connectivity index (χ4v) is 4.21. The maximum absolute atomic E-state index is 12.6. The highest BCUT2D eigenvalue weighted by molar-refractivity contribution is 5.82. The van der Waals surface area contributed by atoms with Crippen molar-refractivity contribution in [3.63, 3.8) is 0 Å². The topological polar surface area (TPSA) is 41.6 Å². The minimum atomic E-state index is 0.0672. The monoisotopic (exact) mass is 280 g/mol. The molecule has 1 amide bonds. The smallest absolute Gasteiger partial charge is 0.239 e. The number of amides is 1. The van der Waals surface area contributed by atoms with Crippen LogP contribution in [0.4, 0.5) is 0 Å². The Balaban J connectivity index is 1.50. The highest BCUT2D eigenvalue weighted by Crippen LogP contribution is 2.33. The SMILES string of the molecule is CN(CC1CCCOC1)C(=O)C1CC2CCCCC2N1. The zero-order valence-electron chi connectivity index (χ0n) is 12.6. The third kappa shape index (κ3) is 3.17. The number of fused-ring (bicyclic) bond motifs is 1. The molecule has 0 aromatic carbocycles. The molecular weight excluding hydrogens is 252 g/mol. The van der Waals surface area contributed by atoms with Crippen LogP contribution < -0.4 is 5.32 Å². The zero-order chi connectivity index (χ0) is 13.9. The molecule has 0 bridgehead atoms. The maximum atomic E-state index is 12.6. The van der Waals surface area contributed by atoms with E-state index in [-0.39, 0.29) is 6.04 Å². The lowest BCUT2D eigenvalue weighted by Gasteiger charge is -2.29. The first-order chi connectivity index (χ1) is 9.74. The molecule has 2 aliphatic heterocycles. The van der Waals surface area contributed by atoms with Crippen molar-refractivity contribution < 1.29 is 9.53 Å². The average molecular weight is 280 g/mol. The predicted octanol–water partition coefficient (Wildman–Crippen LogP) is 1.79. The Morgan fingerprint density at radius 1 is 1.25 bits per heavy atom. The lowest BCUT2D eigenvalue weighted by molar-refractivity contribution is -0.133. The Morgan fingerprint density at radius 2 is 2.10 bits per heavy atom. The van der Waals surface area contributed by atoms with Crippen molar-refractivity contribution in [1.29, 1.82) is 0 Å². The summed E-state index contributed by atoms with van der Waals surface area (Å²) in [6.45, 7) is 2.56. The van der Waals surface area contributed by atoms with Gasteiger partial charge in [0, 0.05) is 26.2 Å². The summed E-state index contributed by atoms with van der Waals surface area (Å²) in [5.74, 6) is 1.57. The van der Waals surface area contributed by atoms with Crippen LogP contribution in [-0.2, 0) is 9.53 Å². The second kappa shape index (κ2) is 6.44. The highest BCUT2D eigenvalue weighted by atomic mass is 16.5. The first kappa shape index (κ1) is 14.3. The van der Waals surface area contributed by atoms with Gasteiger partial charge in [-0.3, -0.25) is 4.79 Å². The number of likely N-dealkylation sites (N-methyl/N-ethyl adjacent to an activating group) is 1. The Bertz CT molecular complexity index is 327. The predicted molar refractivity (Wildman–Crippen MR) is 78.5 cm³/mol. The van der Waals surface area contributed by atoms with E-state index in [1.165, 1.54) is 32.1 Å². The summed E-state index contributed by atoms with van der Waals surface area (Å²) in [4.78, 5) is 14.5. The van der Waals surface area contributed by atoms with Gasteiger partial charge in [0.2, 0.25) is 5.91 Å². The molecule has 0 spiro atoms. The molecule has 20 heavy (non-hydrogen) atoms. The van der Waals surface area contributed by atoms with Gasteiger partial charge in [0.25, 0.3) is 0 Å². The van der Waals surface area contributed by atoms with Gasteiger partial charge in [0.1, 0.15) is 0 Å². The Kier molecular flexibility index (Phi) is 4.61. The van der Waals surface area contributed by atoms with Crippen LogP contribution in [0.25, 0.3) is 0 Å². The first-order valence-electron chi connectivity index (χ1n) is 8.33. The van der Waals surface area contributed by atoms with Crippen LogP contribution in [0.3, 0.4) is 0 Å². The third-order valence-corrected chi connectivity index (χ3v) is 5.32. The second-order valence-electron chi connectivity index (χ2n) is 6.91. The summed E-state index contributed by atoms with van der Waals surface area (Å²) < 4.78 is 5.51. The number of nitrogens with zero attached hydrogens (tertiary/aromatic N) is 1. The Labute approximate surface area is 122 Å². The van der Waals surface area contributed by atoms with Gasteiger partial charge in [0.15, 0.2) is 0 Å². The number of carbonyl (C=O) groups excluding carboxylic acids is 1.